The molecular formula is C23H30N4O2. The molecule has 0 aliphatic carbocycles. The second-order valence-corrected chi connectivity index (χ2v) is 8.27. The van der Waals surface area contributed by atoms with E-state index in [1.54, 1.807) is 0 Å². The Kier molecular flexibility index (Phi) is 6.54. The summed E-state index contributed by atoms with van der Waals surface area (Å²) < 4.78 is 7.89. The minimum Gasteiger partial charge on any atom is -0.487 e. The number of amides is 1. The van der Waals surface area contributed by atoms with E-state index in [1.807, 2.05) is 67.9 Å². The van der Waals surface area contributed by atoms with Gasteiger partial charge in [-0.15, -0.1) is 0 Å². The van der Waals surface area contributed by atoms with Gasteiger partial charge in [-0.2, -0.15) is 0 Å². The van der Waals surface area contributed by atoms with Crippen LogP contribution >= 0.6 is 0 Å². The second kappa shape index (κ2) is 9.09. The van der Waals surface area contributed by atoms with Gasteiger partial charge in [0.1, 0.15) is 18.0 Å². The van der Waals surface area contributed by atoms with Gasteiger partial charge in [0.05, 0.1) is 5.69 Å². The van der Waals surface area contributed by atoms with Gasteiger partial charge in [-0.1, -0.05) is 39.0 Å². The Bertz CT molecular complexity index is 955. The smallest absolute Gasteiger partial charge is 0.225 e. The topological polar surface area (TPSA) is 67.7 Å². The third-order valence-corrected chi connectivity index (χ3v) is 4.64. The molecule has 2 aromatic heterocycles. The van der Waals surface area contributed by atoms with E-state index >= 15 is 0 Å². The van der Waals surface area contributed by atoms with Gasteiger partial charge in [0.15, 0.2) is 0 Å². The number of nitrogens with one attached hydrogen (secondary N) is 2. The fourth-order valence-corrected chi connectivity index (χ4v) is 2.90. The summed E-state index contributed by atoms with van der Waals surface area (Å²) in [5.74, 6) is 0.890. The van der Waals surface area contributed by atoms with Crippen molar-refractivity contribution >= 4 is 11.6 Å². The fourth-order valence-electron chi connectivity index (χ4n) is 2.90. The van der Waals surface area contributed by atoms with E-state index in [0.717, 1.165) is 35.7 Å². The van der Waals surface area contributed by atoms with Gasteiger partial charge < -0.3 is 19.8 Å². The highest BCUT2D eigenvalue weighted by Gasteiger charge is 2.20. The quantitative estimate of drug-likeness (QED) is 0.574. The molecule has 0 radical (unpaired) electrons. The average molecular weight is 395 g/mol. The van der Waals surface area contributed by atoms with Crippen molar-refractivity contribution in [2.24, 2.45) is 5.41 Å². The first-order valence-electron chi connectivity index (χ1n) is 9.97. The Hall–Kier alpha value is -2.86. The van der Waals surface area contributed by atoms with Crippen molar-refractivity contribution in [1.29, 1.82) is 0 Å². The summed E-state index contributed by atoms with van der Waals surface area (Å²) in [5.41, 5.74) is 3.84. The number of ether oxygens (including phenoxy) is 1. The molecule has 0 aliphatic heterocycles. The zero-order valence-corrected chi connectivity index (χ0v) is 17.7. The molecule has 154 valence electrons. The Balaban J connectivity index is 1.41. The SMILES string of the molecule is Cc1cccn2cc(COc3ccc(CNCCNC(=O)C(C)(C)C)cc3)nc12. The molecule has 6 nitrogen and oxygen atoms in total. The van der Waals surface area contributed by atoms with E-state index in [9.17, 15) is 4.79 Å². The summed E-state index contributed by atoms with van der Waals surface area (Å²) in [6, 6.07) is 12.1. The van der Waals surface area contributed by atoms with Gasteiger partial charge >= 0.3 is 0 Å². The standard InChI is InChI=1S/C23H30N4O2/c1-17-6-5-13-27-15-19(26-21(17)27)16-29-20-9-7-18(8-10-20)14-24-11-12-25-22(28)23(2,3)4/h5-10,13,15,24H,11-12,14,16H2,1-4H3,(H,25,28). The Labute approximate surface area is 172 Å². The van der Waals surface area contributed by atoms with Crippen LogP contribution in [0.3, 0.4) is 0 Å². The van der Waals surface area contributed by atoms with Crippen molar-refractivity contribution in [3.63, 3.8) is 0 Å². The maximum atomic E-state index is 11.8. The molecule has 0 spiro atoms. The number of hydrogen-bond donors (Lipinski definition) is 2. The van der Waals surface area contributed by atoms with E-state index in [4.69, 9.17) is 4.74 Å². The predicted octanol–water partition coefficient (Wildman–Crippen LogP) is 3.47. The number of aryl methyl sites for hydroxylation is 1. The van der Waals surface area contributed by atoms with Gasteiger partial charge in [0, 0.05) is 37.4 Å². The maximum absolute atomic E-state index is 11.8. The molecule has 2 heterocycles. The maximum Gasteiger partial charge on any atom is 0.225 e. The van der Waals surface area contributed by atoms with Crippen molar-refractivity contribution in [3.8, 4) is 5.75 Å². The molecule has 3 rings (SSSR count). The molecule has 1 amide bonds. The molecule has 0 saturated heterocycles. The highest BCUT2D eigenvalue weighted by atomic mass is 16.5. The lowest BCUT2D eigenvalue weighted by atomic mass is 9.96. The van der Waals surface area contributed by atoms with Crippen LogP contribution in [0.5, 0.6) is 5.75 Å². The van der Waals surface area contributed by atoms with E-state index in [-0.39, 0.29) is 11.3 Å². The number of hydrogen-bond acceptors (Lipinski definition) is 4. The Morgan fingerprint density at radius 2 is 1.90 bits per heavy atom. The number of pyridine rings is 1. The summed E-state index contributed by atoms with van der Waals surface area (Å²) in [4.78, 5) is 16.4. The average Bonchev–Trinajstić information content (AvgIpc) is 3.11. The van der Waals surface area contributed by atoms with E-state index in [0.29, 0.717) is 13.2 Å². The number of rotatable bonds is 8. The first-order valence-corrected chi connectivity index (χ1v) is 9.97. The highest BCUT2D eigenvalue weighted by Crippen LogP contribution is 2.16. The number of fused-ring (bicyclic) bond motifs is 1. The van der Waals surface area contributed by atoms with Gasteiger partial charge in [0.25, 0.3) is 0 Å². The van der Waals surface area contributed by atoms with Crippen molar-refractivity contribution in [2.45, 2.75) is 40.8 Å². The summed E-state index contributed by atoms with van der Waals surface area (Å²) in [6.07, 6.45) is 3.99. The number of nitrogens with zero attached hydrogens (tertiary/aromatic N) is 2. The third-order valence-electron chi connectivity index (χ3n) is 4.64. The number of carbonyl (C=O) groups excluding carboxylic acids is 1. The van der Waals surface area contributed by atoms with E-state index in [1.165, 1.54) is 5.56 Å². The fraction of sp³-hybridized carbons (Fsp3) is 0.391. The van der Waals surface area contributed by atoms with Crippen molar-refractivity contribution in [2.75, 3.05) is 13.1 Å². The van der Waals surface area contributed by atoms with E-state index < -0.39 is 0 Å². The zero-order valence-electron chi connectivity index (χ0n) is 17.7. The minimum atomic E-state index is -0.349. The molecule has 0 atom stereocenters. The van der Waals surface area contributed by atoms with Crippen LogP contribution in [0.2, 0.25) is 0 Å². The van der Waals surface area contributed by atoms with Crippen LogP contribution < -0.4 is 15.4 Å². The molecule has 0 fully saturated rings. The van der Waals surface area contributed by atoms with Crippen LogP contribution in [0.1, 0.15) is 37.6 Å². The summed E-state index contributed by atoms with van der Waals surface area (Å²) in [7, 11) is 0. The monoisotopic (exact) mass is 394 g/mol. The summed E-state index contributed by atoms with van der Waals surface area (Å²) in [5, 5.41) is 6.27. The molecule has 0 saturated carbocycles. The third kappa shape index (κ3) is 5.81. The summed E-state index contributed by atoms with van der Waals surface area (Å²) >= 11 is 0. The molecule has 3 aromatic rings. The lowest BCUT2D eigenvalue weighted by Crippen LogP contribution is -2.38. The predicted molar refractivity (Wildman–Crippen MR) is 115 cm³/mol. The Morgan fingerprint density at radius 1 is 1.14 bits per heavy atom. The van der Waals surface area contributed by atoms with Gasteiger partial charge in [-0.05, 0) is 36.2 Å². The lowest BCUT2D eigenvalue weighted by molar-refractivity contribution is -0.128. The first kappa shape index (κ1) is 20.9. The molecule has 2 N–H and O–H groups in total. The molecular weight excluding hydrogens is 364 g/mol. The molecule has 29 heavy (non-hydrogen) atoms. The second-order valence-electron chi connectivity index (χ2n) is 8.27. The molecule has 6 heteroatoms. The van der Waals surface area contributed by atoms with Crippen LogP contribution in [0.4, 0.5) is 0 Å². The Morgan fingerprint density at radius 3 is 2.59 bits per heavy atom. The van der Waals surface area contributed by atoms with E-state index in [2.05, 4.69) is 28.6 Å². The van der Waals surface area contributed by atoms with Crippen molar-refractivity contribution in [1.82, 2.24) is 20.0 Å². The van der Waals surface area contributed by atoms with Gasteiger partial charge in [0.2, 0.25) is 5.91 Å². The van der Waals surface area contributed by atoms with Gasteiger partial charge in [-0.3, -0.25) is 4.79 Å². The first-order chi connectivity index (χ1) is 13.8. The van der Waals surface area contributed by atoms with Crippen LogP contribution in [0.25, 0.3) is 5.65 Å². The molecule has 0 unspecified atom stereocenters. The molecule has 0 aliphatic rings. The van der Waals surface area contributed by atoms with Gasteiger partial charge in [-0.25, -0.2) is 4.98 Å². The lowest BCUT2D eigenvalue weighted by Gasteiger charge is -2.17. The number of imidazole rings is 1. The van der Waals surface area contributed by atoms with Crippen molar-refractivity contribution < 1.29 is 9.53 Å². The van der Waals surface area contributed by atoms with Crippen LogP contribution in [-0.4, -0.2) is 28.4 Å². The van der Waals surface area contributed by atoms with Crippen LogP contribution in [0.15, 0.2) is 48.8 Å². The zero-order chi connectivity index (χ0) is 20.9. The summed E-state index contributed by atoms with van der Waals surface area (Å²) in [6.45, 7) is 10.3. The van der Waals surface area contributed by atoms with Crippen molar-refractivity contribution in [3.05, 3.63) is 65.6 Å². The number of aromatic nitrogens is 2. The number of carbonyl (C=O) groups is 1. The molecule has 0 bridgehead atoms. The minimum absolute atomic E-state index is 0.0709. The molecule has 1 aromatic carbocycles. The van der Waals surface area contributed by atoms with Crippen LogP contribution in [-0.2, 0) is 17.9 Å². The normalized spacial score (nSPS) is 11.6. The van der Waals surface area contributed by atoms with Crippen LogP contribution in [0, 0.1) is 12.3 Å². The highest BCUT2D eigenvalue weighted by molar-refractivity contribution is 5.81. The largest absolute Gasteiger partial charge is 0.487 e. The number of benzene rings is 1.